The van der Waals surface area contributed by atoms with Crippen LogP contribution in [0.15, 0.2) is 24.5 Å². The van der Waals surface area contributed by atoms with Gasteiger partial charge in [-0.25, -0.2) is 0 Å². The predicted molar refractivity (Wildman–Crippen MR) is 66.0 cm³/mol. The molecule has 17 heavy (non-hydrogen) atoms. The molecule has 6 heteroatoms. The van der Waals surface area contributed by atoms with E-state index in [1.54, 1.807) is 0 Å². The molecule has 0 radical (unpaired) electrons. The fourth-order valence-corrected chi connectivity index (χ4v) is 1.13. The van der Waals surface area contributed by atoms with Gasteiger partial charge in [0.2, 0.25) is 0 Å². The number of hydrogen-bond donors (Lipinski definition) is 1. The lowest BCUT2D eigenvalue weighted by Crippen LogP contribution is -1.96. The van der Waals surface area contributed by atoms with Crippen molar-refractivity contribution < 1.29 is 17.2 Å². The van der Waals surface area contributed by atoms with Crippen LogP contribution < -0.4 is 0 Å². The summed E-state index contributed by atoms with van der Waals surface area (Å²) in [6.45, 7) is 2.23. The quantitative estimate of drug-likeness (QED) is 0.650. The third-order valence-electron chi connectivity index (χ3n) is 2.00. The van der Waals surface area contributed by atoms with Crippen LogP contribution in [0.4, 0.5) is 0 Å². The lowest BCUT2D eigenvalue weighted by atomic mass is 10.1. The molecule has 0 saturated heterocycles. The maximum atomic E-state index is 9.33. The highest BCUT2D eigenvalue weighted by atomic mass is 32.3. The van der Waals surface area contributed by atoms with E-state index in [1.165, 1.54) is 31.2 Å². The van der Waals surface area contributed by atoms with Crippen molar-refractivity contribution in [2.24, 2.45) is 0 Å². The van der Waals surface area contributed by atoms with Crippen LogP contribution in [0.1, 0.15) is 31.7 Å². The molecule has 0 aliphatic heterocycles. The molecule has 1 aromatic heterocycles. The van der Waals surface area contributed by atoms with Gasteiger partial charge in [0, 0.05) is 12.4 Å². The van der Waals surface area contributed by atoms with E-state index in [1.807, 2.05) is 18.5 Å². The smallest absolute Gasteiger partial charge is 0.264 e. The Kier molecular flexibility index (Phi) is 8.57. The van der Waals surface area contributed by atoms with Crippen LogP contribution in [0.2, 0.25) is 0 Å². The van der Waals surface area contributed by atoms with Crippen molar-refractivity contribution in [2.75, 3.05) is 7.11 Å². The van der Waals surface area contributed by atoms with Crippen molar-refractivity contribution in [3.05, 3.63) is 30.1 Å². The van der Waals surface area contributed by atoms with Gasteiger partial charge in [0.05, 0.1) is 7.11 Å². The Hall–Kier alpha value is -0.980. The van der Waals surface area contributed by atoms with Crippen LogP contribution >= 0.6 is 0 Å². The molecule has 0 unspecified atom stereocenters. The van der Waals surface area contributed by atoms with E-state index in [9.17, 15) is 8.42 Å². The first kappa shape index (κ1) is 16.0. The van der Waals surface area contributed by atoms with Gasteiger partial charge in [-0.3, -0.25) is 13.7 Å². The molecular formula is C11H19NO4S. The molecule has 5 nitrogen and oxygen atoms in total. The molecule has 0 spiro atoms. The summed E-state index contributed by atoms with van der Waals surface area (Å²) in [5.41, 5.74) is 1.36. The van der Waals surface area contributed by atoms with Gasteiger partial charge in [0.1, 0.15) is 0 Å². The van der Waals surface area contributed by atoms with Crippen LogP contribution in [0.3, 0.4) is 0 Å². The van der Waals surface area contributed by atoms with Gasteiger partial charge in [-0.1, -0.05) is 25.8 Å². The summed E-state index contributed by atoms with van der Waals surface area (Å²) in [6.07, 6.45) is 8.87. The molecule has 0 aliphatic rings. The Morgan fingerprint density at radius 2 is 2.06 bits per heavy atom. The summed E-state index contributed by atoms with van der Waals surface area (Å²) in [5, 5.41) is 0. The van der Waals surface area contributed by atoms with Gasteiger partial charge < -0.3 is 0 Å². The van der Waals surface area contributed by atoms with Gasteiger partial charge in [0.15, 0.2) is 0 Å². The Bertz CT molecular complexity index is 378. The largest absolute Gasteiger partial charge is 0.397 e. The molecule has 0 amide bonds. The Morgan fingerprint density at radius 1 is 1.41 bits per heavy atom. The summed E-state index contributed by atoms with van der Waals surface area (Å²) < 4.78 is 29.7. The first-order valence-corrected chi connectivity index (χ1v) is 6.78. The fraction of sp³-hybridized carbons (Fsp3) is 0.545. The topological polar surface area (TPSA) is 76.5 Å². The second kappa shape index (κ2) is 9.09. The summed E-state index contributed by atoms with van der Waals surface area (Å²) in [7, 11) is -3.29. The van der Waals surface area contributed by atoms with Gasteiger partial charge in [-0.05, 0) is 24.5 Å². The number of aromatic nitrogens is 1. The van der Waals surface area contributed by atoms with Gasteiger partial charge in [-0.15, -0.1) is 0 Å². The Labute approximate surface area is 103 Å². The molecule has 0 bridgehead atoms. The summed E-state index contributed by atoms with van der Waals surface area (Å²) >= 11 is 0. The number of hydrogen-bond acceptors (Lipinski definition) is 4. The molecule has 1 N–H and O–H groups in total. The predicted octanol–water partition coefficient (Wildman–Crippen LogP) is 2.25. The first-order chi connectivity index (χ1) is 7.99. The molecule has 0 aliphatic carbocycles. The Morgan fingerprint density at radius 3 is 2.47 bits per heavy atom. The number of pyridine rings is 1. The van der Waals surface area contributed by atoms with E-state index in [4.69, 9.17) is 4.55 Å². The maximum absolute atomic E-state index is 9.33. The monoisotopic (exact) mass is 261 g/mol. The van der Waals surface area contributed by atoms with Gasteiger partial charge >= 0.3 is 10.4 Å². The molecule has 0 aromatic carbocycles. The third-order valence-corrected chi connectivity index (χ3v) is 2.42. The average Bonchev–Trinajstić information content (AvgIpc) is 2.31. The molecule has 1 aromatic rings. The van der Waals surface area contributed by atoms with Crippen molar-refractivity contribution in [1.29, 1.82) is 0 Å². The molecule has 1 rings (SSSR count). The third kappa shape index (κ3) is 11.3. The minimum atomic E-state index is -4.16. The van der Waals surface area contributed by atoms with Crippen molar-refractivity contribution in [3.8, 4) is 0 Å². The molecule has 0 atom stereocenters. The van der Waals surface area contributed by atoms with Crippen LogP contribution in [0.5, 0.6) is 0 Å². The summed E-state index contributed by atoms with van der Waals surface area (Å²) in [4.78, 5) is 4.06. The van der Waals surface area contributed by atoms with E-state index in [-0.39, 0.29) is 0 Å². The second-order valence-electron chi connectivity index (χ2n) is 3.41. The zero-order valence-electron chi connectivity index (χ0n) is 10.2. The second-order valence-corrected chi connectivity index (χ2v) is 4.60. The maximum Gasteiger partial charge on any atom is 0.397 e. The number of nitrogens with zero attached hydrogens (tertiary/aromatic N) is 1. The summed E-state index contributed by atoms with van der Waals surface area (Å²) in [6, 6.07) is 4.14. The van der Waals surface area contributed by atoms with E-state index in [2.05, 4.69) is 22.2 Å². The van der Waals surface area contributed by atoms with Gasteiger partial charge in [0.25, 0.3) is 0 Å². The molecule has 0 saturated carbocycles. The SMILES string of the molecule is CCCCCc1cccnc1.COS(=O)(=O)O. The van der Waals surface area contributed by atoms with Crippen molar-refractivity contribution in [2.45, 2.75) is 32.6 Å². The molecule has 98 valence electrons. The summed E-state index contributed by atoms with van der Waals surface area (Å²) in [5.74, 6) is 0. The Balaban J connectivity index is 0.000000366. The first-order valence-electron chi connectivity index (χ1n) is 5.41. The lowest BCUT2D eigenvalue weighted by Gasteiger charge is -1.97. The van der Waals surface area contributed by atoms with Gasteiger partial charge in [-0.2, -0.15) is 8.42 Å². The van der Waals surface area contributed by atoms with Crippen LogP contribution in [-0.2, 0) is 21.0 Å². The van der Waals surface area contributed by atoms with Crippen molar-refractivity contribution in [3.63, 3.8) is 0 Å². The lowest BCUT2D eigenvalue weighted by molar-refractivity contribution is 0.324. The highest BCUT2D eigenvalue weighted by Crippen LogP contribution is 2.03. The highest BCUT2D eigenvalue weighted by molar-refractivity contribution is 7.80. The molecular weight excluding hydrogens is 242 g/mol. The number of rotatable bonds is 5. The zero-order valence-corrected chi connectivity index (χ0v) is 11.0. The normalized spacial score (nSPS) is 10.5. The standard InChI is InChI=1S/C10H15N.CH4O4S/c1-2-3-4-6-10-7-5-8-11-9-10;1-5-6(2,3)4/h5,7-9H,2-4,6H2,1H3;1H3,(H,2,3,4). The number of aryl methyl sites for hydroxylation is 1. The molecule has 0 fully saturated rings. The number of unbranched alkanes of at least 4 members (excludes halogenated alkanes) is 2. The average molecular weight is 261 g/mol. The minimum absolute atomic E-state index is 0.870. The van der Waals surface area contributed by atoms with E-state index in [0.717, 1.165) is 7.11 Å². The van der Waals surface area contributed by atoms with Crippen LogP contribution in [0.25, 0.3) is 0 Å². The van der Waals surface area contributed by atoms with Crippen LogP contribution in [0, 0.1) is 0 Å². The highest BCUT2D eigenvalue weighted by Gasteiger charge is 1.94. The zero-order chi connectivity index (χ0) is 13.1. The van der Waals surface area contributed by atoms with E-state index < -0.39 is 10.4 Å². The van der Waals surface area contributed by atoms with Crippen LogP contribution in [-0.4, -0.2) is 25.1 Å². The van der Waals surface area contributed by atoms with Crippen molar-refractivity contribution >= 4 is 10.4 Å². The van der Waals surface area contributed by atoms with E-state index >= 15 is 0 Å². The fourth-order valence-electron chi connectivity index (χ4n) is 1.13. The molecule has 1 heterocycles. The van der Waals surface area contributed by atoms with Crippen molar-refractivity contribution in [1.82, 2.24) is 4.98 Å². The van der Waals surface area contributed by atoms with E-state index in [0.29, 0.717) is 0 Å². The minimum Gasteiger partial charge on any atom is -0.264 e.